The molecule has 0 spiro atoms. The largest absolute Gasteiger partial charge is 0.406 e. The van der Waals surface area contributed by atoms with Gasteiger partial charge in [0.1, 0.15) is 5.82 Å². The molecule has 0 fully saturated rings. The normalized spacial score (nSPS) is 10.7. The van der Waals surface area contributed by atoms with E-state index in [1.165, 1.54) is 6.07 Å². The Morgan fingerprint density at radius 2 is 2.17 bits per heavy atom. The molecule has 0 aliphatic carbocycles. The van der Waals surface area contributed by atoms with Gasteiger partial charge in [-0.15, -0.1) is 5.10 Å². The smallest absolute Gasteiger partial charge is 0.320 e. The Hall–Kier alpha value is -1.47. The maximum atomic E-state index is 13.3. The summed E-state index contributed by atoms with van der Waals surface area (Å²) in [7, 11) is 1.79. The molecule has 5 nitrogen and oxygen atoms in total. The first-order valence-corrected chi connectivity index (χ1v) is 6.09. The van der Waals surface area contributed by atoms with Gasteiger partial charge in [-0.05, 0) is 47.6 Å². The maximum absolute atomic E-state index is 13.3. The summed E-state index contributed by atoms with van der Waals surface area (Å²) in [6.45, 7) is 2.30. The number of hydrogen-bond acceptors (Lipinski definition) is 5. The van der Waals surface area contributed by atoms with Gasteiger partial charge < -0.3 is 15.1 Å². The third-order valence-electron chi connectivity index (χ3n) is 2.30. The van der Waals surface area contributed by atoms with E-state index in [9.17, 15) is 4.39 Å². The number of aromatic nitrogens is 2. The lowest BCUT2D eigenvalue weighted by Gasteiger charge is -2.06. The molecule has 0 radical (unpaired) electrons. The SMILES string of the molecule is CNCc1nnc(Nc2cc(Br)c(F)cc2C)o1. The van der Waals surface area contributed by atoms with Crippen LogP contribution in [0.5, 0.6) is 0 Å². The second-order valence-electron chi connectivity index (χ2n) is 3.74. The van der Waals surface area contributed by atoms with Crippen LogP contribution in [0, 0.1) is 12.7 Å². The van der Waals surface area contributed by atoms with Crippen LogP contribution in [0.4, 0.5) is 16.1 Å². The summed E-state index contributed by atoms with van der Waals surface area (Å²) in [6.07, 6.45) is 0. The molecule has 1 aromatic carbocycles. The highest BCUT2D eigenvalue weighted by molar-refractivity contribution is 9.10. The van der Waals surface area contributed by atoms with Gasteiger partial charge in [-0.3, -0.25) is 0 Å². The minimum Gasteiger partial charge on any atom is -0.406 e. The fraction of sp³-hybridized carbons (Fsp3) is 0.273. The van der Waals surface area contributed by atoms with Crippen LogP contribution < -0.4 is 10.6 Å². The van der Waals surface area contributed by atoms with Gasteiger partial charge in [0.15, 0.2) is 0 Å². The van der Waals surface area contributed by atoms with Crippen LogP contribution in [-0.4, -0.2) is 17.2 Å². The number of aryl methyl sites for hydroxylation is 1. The zero-order chi connectivity index (χ0) is 13.1. The van der Waals surface area contributed by atoms with Gasteiger partial charge in [-0.25, -0.2) is 4.39 Å². The molecule has 0 amide bonds. The third-order valence-corrected chi connectivity index (χ3v) is 2.91. The number of nitrogens with zero attached hydrogens (tertiary/aromatic N) is 2. The molecular formula is C11H12BrFN4O. The highest BCUT2D eigenvalue weighted by Gasteiger charge is 2.09. The summed E-state index contributed by atoms with van der Waals surface area (Å²) in [6, 6.07) is 3.34. The minimum absolute atomic E-state index is 0.279. The Bertz CT molecular complexity index is 558. The van der Waals surface area contributed by atoms with Gasteiger partial charge in [0.2, 0.25) is 5.89 Å². The Kier molecular flexibility index (Phi) is 3.93. The van der Waals surface area contributed by atoms with Gasteiger partial charge >= 0.3 is 6.01 Å². The number of nitrogens with one attached hydrogen (secondary N) is 2. The monoisotopic (exact) mass is 314 g/mol. The fourth-order valence-electron chi connectivity index (χ4n) is 1.42. The number of anilines is 2. The average molecular weight is 315 g/mol. The predicted molar refractivity (Wildman–Crippen MR) is 69.2 cm³/mol. The second kappa shape index (κ2) is 5.45. The molecule has 96 valence electrons. The molecule has 1 heterocycles. The van der Waals surface area contributed by atoms with Crippen LogP contribution in [0.25, 0.3) is 0 Å². The van der Waals surface area contributed by atoms with Gasteiger partial charge in [-0.2, -0.15) is 0 Å². The fourth-order valence-corrected chi connectivity index (χ4v) is 1.77. The first-order valence-electron chi connectivity index (χ1n) is 5.30. The van der Waals surface area contributed by atoms with Gasteiger partial charge in [-0.1, -0.05) is 5.10 Å². The Morgan fingerprint density at radius 1 is 1.39 bits per heavy atom. The lowest BCUT2D eigenvalue weighted by molar-refractivity contribution is 0.493. The molecule has 0 atom stereocenters. The predicted octanol–water partition coefficient (Wildman–Crippen LogP) is 2.74. The Balaban J connectivity index is 2.20. The molecule has 2 N–H and O–H groups in total. The second-order valence-corrected chi connectivity index (χ2v) is 4.59. The quantitative estimate of drug-likeness (QED) is 0.908. The van der Waals surface area contributed by atoms with Crippen molar-refractivity contribution in [3.05, 3.63) is 33.9 Å². The summed E-state index contributed by atoms with van der Waals surface area (Å²) < 4.78 is 19.0. The molecule has 18 heavy (non-hydrogen) atoms. The van der Waals surface area contributed by atoms with Crippen LogP contribution >= 0.6 is 15.9 Å². The van der Waals surface area contributed by atoms with Crippen LogP contribution in [0.15, 0.2) is 21.0 Å². The van der Waals surface area contributed by atoms with Gasteiger partial charge in [0, 0.05) is 5.69 Å². The lowest BCUT2D eigenvalue weighted by atomic mass is 10.2. The Labute approximate surface area is 112 Å². The summed E-state index contributed by atoms with van der Waals surface area (Å²) >= 11 is 3.13. The molecule has 0 saturated heterocycles. The van der Waals surface area contributed by atoms with Crippen molar-refractivity contribution in [2.24, 2.45) is 0 Å². The van der Waals surface area contributed by atoms with Crippen molar-refractivity contribution in [1.82, 2.24) is 15.5 Å². The zero-order valence-electron chi connectivity index (χ0n) is 9.92. The van der Waals surface area contributed by atoms with Crippen molar-refractivity contribution in [3.8, 4) is 0 Å². The zero-order valence-corrected chi connectivity index (χ0v) is 11.5. The van der Waals surface area contributed by atoms with E-state index >= 15 is 0 Å². The Morgan fingerprint density at radius 3 is 2.89 bits per heavy atom. The maximum Gasteiger partial charge on any atom is 0.320 e. The summed E-state index contributed by atoms with van der Waals surface area (Å²) in [5.74, 6) is 0.179. The highest BCUT2D eigenvalue weighted by atomic mass is 79.9. The van der Waals surface area contributed by atoms with E-state index in [4.69, 9.17) is 4.42 Å². The van der Waals surface area contributed by atoms with Gasteiger partial charge in [0.25, 0.3) is 0 Å². The van der Waals surface area contributed by atoms with Crippen LogP contribution in [-0.2, 0) is 6.54 Å². The van der Waals surface area contributed by atoms with Crippen molar-refractivity contribution >= 4 is 27.6 Å². The van der Waals surface area contributed by atoms with Crippen LogP contribution in [0.3, 0.4) is 0 Å². The van der Waals surface area contributed by atoms with E-state index < -0.39 is 0 Å². The summed E-state index contributed by atoms with van der Waals surface area (Å²) in [5.41, 5.74) is 1.46. The molecule has 0 bridgehead atoms. The molecular weight excluding hydrogens is 303 g/mol. The average Bonchev–Trinajstić information content (AvgIpc) is 2.74. The minimum atomic E-state index is -0.306. The topological polar surface area (TPSA) is 63.0 Å². The molecule has 0 unspecified atom stereocenters. The van der Waals surface area contributed by atoms with Gasteiger partial charge in [0.05, 0.1) is 11.0 Å². The molecule has 7 heteroatoms. The van der Waals surface area contributed by atoms with Crippen molar-refractivity contribution in [1.29, 1.82) is 0 Å². The van der Waals surface area contributed by atoms with E-state index in [1.54, 1.807) is 20.0 Å². The van der Waals surface area contributed by atoms with Crippen molar-refractivity contribution in [2.75, 3.05) is 12.4 Å². The van der Waals surface area contributed by atoms with E-state index in [2.05, 4.69) is 36.8 Å². The molecule has 0 saturated carbocycles. The van der Waals surface area contributed by atoms with E-state index in [1.807, 2.05) is 0 Å². The molecule has 0 aliphatic rings. The summed E-state index contributed by atoms with van der Waals surface area (Å²) in [5, 5.41) is 13.6. The molecule has 2 rings (SSSR count). The van der Waals surface area contributed by atoms with Crippen molar-refractivity contribution < 1.29 is 8.81 Å². The van der Waals surface area contributed by atoms with Crippen molar-refractivity contribution in [2.45, 2.75) is 13.5 Å². The standard InChI is InChI=1S/C11H12BrFN4O/c1-6-3-8(13)7(12)4-9(6)15-11-17-16-10(18-11)5-14-2/h3-4,14H,5H2,1-2H3,(H,15,17). The first-order chi connectivity index (χ1) is 8.60. The molecule has 1 aromatic heterocycles. The number of halogens is 2. The number of benzene rings is 1. The van der Waals surface area contributed by atoms with E-state index in [0.717, 1.165) is 5.56 Å². The lowest BCUT2D eigenvalue weighted by Crippen LogP contribution is -2.04. The molecule has 0 aliphatic heterocycles. The van der Waals surface area contributed by atoms with Crippen LogP contribution in [0.1, 0.15) is 11.5 Å². The third kappa shape index (κ3) is 2.85. The first kappa shape index (κ1) is 13.0. The van der Waals surface area contributed by atoms with E-state index in [-0.39, 0.29) is 11.8 Å². The number of hydrogen-bond donors (Lipinski definition) is 2. The van der Waals surface area contributed by atoms with Crippen molar-refractivity contribution in [3.63, 3.8) is 0 Å². The van der Waals surface area contributed by atoms with Crippen LogP contribution in [0.2, 0.25) is 0 Å². The summed E-state index contributed by atoms with van der Waals surface area (Å²) in [4.78, 5) is 0. The van der Waals surface area contributed by atoms with E-state index in [0.29, 0.717) is 22.6 Å². The number of rotatable bonds is 4. The molecule has 2 aromatic rings. The highest BCUT2D eigenvalue weighted by Crippen LogP contribution is 2.26.